The third-order valence-corrected chi connectivity index (χ3v) is 5.62. The number of benzene rings is 2. The first-order valence-electron chi connectivity index (χ1n) is 6.37. The summed E-state index contributed by atoms with van der Waals surface area (Å²) >= 11 is 5.82. The molecule has 1 aliphatic rings. The van der Waals surface area contributed by atoms with Gasteiger partial charge in [0.1, 0.15) is 0 Å². The van der Waals surface area contributed by atoms with Crippen molar-refractivity contribution in [2.45, 2.75) is 17.7 Å². The summed E-state index contributed by atoms with van der Waals surface area (Å²) in [4.78, 5) is 0.269. The van der Waals surface area contributed by atoms with Gasteiger partial charge in [0.15, 0.2) is 0 Å². The van der Waals surface area contributed by atoms with Gasteiger partial charge < -0.3 is 0 Å². The van der Waals surface area contributed by atoms with Gasteiger partial charge in [-0.25, -0.2) is 8.42 Å². The highest BCUT2D eigenvalue weighted by Gasteiger charge is 2.34. The highest BCUT2D eigenvalue weighted by Crippen LogP contribution is 2.39. The summed E-state index contributed by atoms with van der Waals surface area (Å²) in [6.07, 6.45) is 0. The van der Waals surface area contributed by atoms with Crippen LogP contribution in [0.3, 0.4) is 0 Å². The summed E-state index contributed by atoms with van der Waals surface area (Å²) in [5.74, 6) is 0.202. The Morgan fingerprint density at radius 2 is 1.75 bits per heavy atom. The lowest BCUT2D eigenvalue weighted by atomic mass is 10.0. The Balaban J connectivity index is 2.08. The largest absolute Gasteiger partial charge is 0.265 e. The second kappa shape index (κ2) is 4.79. The summed E-state index contributed by atoms with van der Waals surface area (Å²) in [6, 6.07) is 13.9. The van der Waals surface area contributed by atoms with Gasteiger partial charge in [0.25, 0.3) is 10.0 Å². The van der Waals surface area contributed by atoms with E-state index in [4.69, 9.17) is 11.6 Å². The standard InChI is InChI=1S/C15H14ClNO2S/c1-11-10-17(15-5-3-2-4-14(11)15)20(18,19)13-8-6-12(16)7-9-13/h2-9,11H,10H2,1H3. The van der Waals surface area contributed by atoms with Crippen LogP contribution >= 0.6 is 11.6 Å². The molecule has 2 aromatic rings. The van der Waals surface area contributed by atoms with Crippen molar-refractivity contribution in [1.82, 2.24) is 0 Å². The molecule has 0 N–H and O–H groups in total. The third-order valence-electron chi connectivity index (χ3n) is 3.58. The lowest BCUT2D eigenvalue weighted by Gasteiger charge is -2.19. The number of halogens is 1. The van der Waals surface area contributed by atoms with E-state index in [1.54, 1.807) is 24.3 Å². The second-order valence-electron chi connectivity index (χ2n) is 4.95. The van der Waals surface area contributed by atoms with E-state index in [1.807, 2.05) is 31.2 Å². The summed E-state index contributed by atoms with van der Waals surface area (Å²) in [7, 11) is -3.53. The Bertz CT molecular complexity index is 741. The minimum Gasteiger partial charge on any atom is -0.265 e. The Labute approximate surface area is 123 Å². The number of sulfonamides is 1. The SMILES string of the molecule is CC1CN(S(=O)(=O)c2ccc(Cl)cc2)c2ccccc21. The molecule has 5 heteroatoms. The fraction of sp³-hybridized carbons (Fsp3) is 0.200. The lowest BCUT2D eigenvalue weighted by Crippen LogP contribution is -2.29. The van der Waals surface area contributed by atoms with E-state index in [2.05, 4.69) is 0 Å². The molecule has 1 aliphatic heterocycles. The molecule has 104 valence electrons. The fourth-order valence-corrected chi connectivity index (χ4v) is 4.24. The van der Waals surface area contributed by atoms with Gasteiger partial charge in [0.2, 0.25) is 0 Å². The van der Waals surface area contributed by atoms with Crippen LogP contribution in [0.15, 0.2) is 53.4 Å². The number of nitrogens with zero attached hydrogens (tertiary/aromatic N) is 1. The maximum atomic E-state index is 12.7. The van der Waals surface area contributed by atoms with Crippen molar-refractivity contribution in [1.29, 1.82) is 0 Å². The quantitative estimate of drug-likeness (QED) is 0.849. The first kappa shape index (κ1) is 13.5. The van der Waals surface area contributed by atoms with Crippen molar-refractivity contribution in [3.8, 4) is 0 Å². The highest BCUT2D eigenvalue weighted by atomic mass is 35.5. The zero-order chi connectivity index (χ0) is 14.3. The molecule has 0 saturated carbocycles. The number of anilines is 1. The van der Waals surface area contributed by atoms with E-state index < -0.39 is 10.0 Å². The Hall–Kier alpha value is -1.52. The van der Waals surface area contributed by atoms with Crippen LogP contribution in [-0.2, 0) is 10.0 Å². The minimum atomic E-state index is -3.53. The summed E-state index contributed by atoms with van der Waals surface area (Å²) in [5, 5.41) is 0.527. The first-order chi connectivity index (χ1) is 9.50. The van der Waals surface area contributed by atoms with Crippen molar-refractivity contribution in [2.24, 2.45) is 0 Å². The van der Waals surface area contributed by atoms with Crippen molar-refractivity contribution in [2.75, 3.05) is 10.8 Å². The minimum absolute atomic E-state index is 0.202. The molecule has 0 spiro atoms. The topological polar surface area (TPSA) is 37.4 Å². The molecule has 1 unspecified atom stereocenters. The van der Waals surface area contributed by atoms with Crippen molar-refractivity contribution < 1.29 is 8.42 Å². The van der Waals surface area contributed by atoms with Crippen LogP contribution in [0, 0.1) is 0 Å². The van der Waals surface area contributed by atoms with E-state index in [0.29, 0.717) is 11.6 Å². The number of para-hydroxylation sites is 1. The molecule has 0 aromatic heterocycles. The van der Waals surface area contributed by atoms with Crippen molar-refractivity contribution in [3.05, 3.63) is 59.1 Å². The molecule has 0 amide bonds. The lowest BCUT2D eigenvalue weighted by molar-refractivity contribution is 0.590. The molecular formula is C15H14ClNO2S. The first-order valence-corrected chi connectivity index (χ1v) is 8.19. The van der Waals surface area contributed by atoms with Gasteiger partial charge in [-0.15, -0.1) is 0 Å². The summed E-state index contributed by atoms with van der Waals surface area (Å²) in [6.45, 7) is 2.51. The second-order valence-corrected chi connectivity index (χ2v) is 7.25. The third kappa shape index (κ3) is 2.09. The zero-order valence-corrected chi connectivity index (χ0v) is 12.5. The van der Waals surface area contributed by atoms with Crippen LogP contribution in [0.1, 0.15) is 18.4 Å². The van der Waals surface area contributed by atoms with E-state index in [1.165, 1.54) is 4.31 Å². The van der Waals surface area contributed by atoms with Crippen molar-refractivity contribution in [3.63, 3.8) is 0 Å². The molecule has 0 saturated heterocycles. The molecule has 1 heterocycles. The maximum Gasteiger partial charge on any atom is 0.264 e. The average molecular weight is 308 g/mol. The molecule has 0 aliphatic carbocycles. The van der Waals surface area contributed by atoms with Crippen LogP contribution in [0.25, 0.3) is 0 Å². The average Bonchev–Trinajstić information content (AvgIpc) is 2.78. The predicted molar refractivity (Wildman–Crippen MR) is 80.8 cm³/mol. The van der Waals surface area contributed by atoms with Crippen molar-refractivity contribution >= 4 is 27.3 Å². The van der Waals surface area contributed by atoms with Gasteiger partial charge in [-0.1, -0.05) is 36.7 Å². The number of hydrogen-bond acceptors (Lipinski definition) is 2. The molecule has 1 atom stereocenters. The number of fused-ring (bicyclic) bond motifs is 1. The molecule has 0 bridgehead atoms. The number of rotatable bonds is 2. The van der Waals surface area contributed by atoms with Gasteiger partial charge in [-0.05, 0) is 35.9 Å². The molecule has 20 heavy (non-hydrogen) atoms. The molecule has 0 radical (unpaired) electrons. The van der Waals surface area contributed by atoms with E-state index in [9.17, 15) is 8.42 Å². The van der Waals surface area contributed by atoms with Crippen LogP contribution in [0.5, 0.6) is 0 Å². The normalized spacial score (nSPS) is 18.1. The fourth-order valence-electron chi connectivity index (χ4n) is 2.54. The smallest absolute Gasteiger partial charge is 0.264 e. The van der Waals surface area contributed by atoms with E-state index in [0.717, 1.165) is 11.3 Å². The summed E-state index contributed by atoms with van der Waals surface area (Å²) < 4.78 is 27.0. The number of hydrogen-bond donors (Lipinski definition) is 0. The molecule has 3 nitrogen and oxygen atoms in total. The van der Waals surface area contributed by atoms with Gasteiger partial charge in [-0.2, -0.15) is 0 Å². The molecule has 0 fully saturated rings. The van der Waals surface area contributed by atoms with E-state index in [-0.39, 0.29) is 10.8 Å². The van der Waals surface area contributed by atoms with Gasteiger partial charge in [0.05, 0.1) is 10.6 Å². The monoisotopic (exact) mass is 307 g/mol. The highest BCUT2D eigenvalue weighted by molar-refractivity contribution is 7.92. The molecular weight excluding hydrogens is 294 g/mol. The van der Waals surface area contributed by atoms with Gasteiger partial charge >= 0.3 is 0 Å². The van der Waals surface area contributed by atoms with E-state index >= 15 is 0 Å². The van der Waals surface area contributed by atoms with Crippen LogP contribution in [-0.4, -0.2) is 15.0 Å². The van der Waals surface area contributed by atoms with Crippen LogP contribution in [0.2, 0.25) is 5.02 Å². The molecule has 2 aromatic carbocycles. The Kier molecular flexibility index (Phi) is 3.22. The Morgan fingerprint density at radius 3 is 2.45 bits per heavy atom. The van der Waals surface area contributed by atoms with Gasteiger partial charge in [0, 0.05) is 17.5 Å². The maximum absolute atomic E-state index is 12.7. The predicted octanol–water partition coefficient (Wildman–Crippen LogP) is 3.65. The summed E-state index contributed by atoms with van der Waals surface area (Å²) in [5.41, 5.74) is 1.85. The van der Waals surface area contributed by atoms with Crippen LogP contribution in [0.4, 0.5) is 5.69 Å². The van der Waals surface area contributed by atoms with Gasteiger partial charge in [-0.3, -0.25) is 4.31 Å². The Morgan fingerprint density at radius 1 is 1.10 bits per heavy atom. The molecule has 3 rings (SSSR count). The zero-order valence-electron chi connectivity index (χ0n) is 11.0. The van der Waals surface area contributed by atoms with Crippen LogP contribution < -0.4 is 4.31 Å².